The summed E-state index contributed by atoms with van der Waals surface area (Å²) in [5.41, 5.74) is 12.9. The lowest BCUT2D eigenvalue weighted by molar-refractivity contribution is 0.402. The molecule has 0 fully saturated rings. The van der Waals surface area contributed by atoms with Crippen molar-refractivity contribution in [2.45, 2.75) is 24.8 Å². The van der Waals surface area contributed by atoms with E-state index >= 15 is 0 Å². The summed E-state index contributed by atoms with van der Waals surface area (Å²) in [6.07, 6.45) is 4.76. The fourth-order valence-electron chi connectivity index (χ4n) is 4.85. The molecule has 2 atom stereocenters. The lowest BCUT2D eigenvalue weighted by atomic mass is 9.67. The number of hydrazone groups is 1. The molecule has 3 aromatic rings. The Morgan fingerprint density at radius 1 is 1.00 bits per heavy atom. The third-order valence-electron chi connectivity index (χ3n) is 6.15. The molecular weight excluding hydrogens is 368 g/mol. The van der Waals surface area contributed by atoms with Gasteiger partial charge in [0.1, 0.15) is 0 Å². The third-order valence-corrected chi connectivity index (χ3v) is 6.15. The minimum absolute atomic E-state index is 0.176. The van der Waals surface area contributed by atoms with Crippen molar-refractivity contribution in [2.24, 2.45) is 5.10 Å². The second-order valence-corrected chi connectivity index (χ2v) is 8.48. The topological polar surface area (TPSA) is 40.5 Å². The highest BCUT2D eigenvalue weighted by molar-refractivity contribution is 6.12. The van der Waals surface area contributed by atoms with Crippen molar-refractivity contribution in [3.8, 4) is 0 Å². The van der Waals surface area contributed by atoms with Crippen molar-refractivity contribution in [1.29, 1.82) is 0 Å². The van der Waals surface area contributed by atoms with E-state index in [1.807, 2.05) is 12.4 Å². The Kier molecular flexibility index (Phi) is 4.72. The first kappa shape index (κ1) is 18.8. The van der Waals surface area contributed by atoms with Crippen LogP contribution in [-0.4, -0.2) is 29.7 Å². The second-order valence-electron chi connectivity index (χ2n) is 8.48. The molecule has 2 heterocycles. The average molecular weight is 395 g/mol. The molecule has 0 spiro atoms. The number of nitrogens with one attached hydrogen (secondary N) is 1. The van der Waals surface area contributed by atoms with Crippen LogP contribution in [0.2, 0.25) is 0 Å². The van der Waals surface area contributed by atoms with Crippen LogP contribution < -0.4 is 5.43 Å². The van der Waals surface area contributed by atoms with Crippen LogP contribution >= 0.6 is 0 Å². The Hall–Kier alpha value is -3.24. The van der Waals surface area contributed by atoms with E-state index in [0.29, 0.717) is 5.92 Å². The minimum atomic E-state index is 0.176. The Morgan fingerprint density at radius 3 is 2.50 bits per heavy atom. The van der Waals surface area contributed by atoms with E-state index in [1.54, 1.807) is 0 Å². The molecular formula is C26H26N4. The zero-order valence-electron chi connectivity index (χ0n) is 17.5. The zero-order valence-corrected chi connectivity index (χ0v) is 17.5. The Morgan fingerprint density at radius 2 is 1.77 bits per heavy atom. The molecule has 150 valence electrons. The van der Waals surface area contributed by atoms with Crippen LogP contribution in [0, 0.1) is 0 Å². The first-order valence-corrected chi connectivity index (χ1v) is 10.4. The van der Waals surface area contributed by atoms with Gasteiger partial charge in [0.25, 0.3) is 0 Å². The fraction of sp³-hybridized carbons (Fsp3) is 0.231. The summed E-state index contributed by atoms with van der Waals surface area (Å²) in [6, 6.07) is 19.8. The van der Waals surface area contributed by atoms with Gasteiger partial charge in [-0.3, -0.25) is 10.4 Å². The fourth-order valence-corrected chi connectivity index (χ4v) is 4.85. The molecule has 1 aliphatic carbocycles. The molecule has 2 unspecified atom stereocenters. The number of benzene rings is 2. The van der Waals surface area contributed by atoms with E-state index in [1.165, 1.54) is 33.4 Å². The Balaban J connectivity index is 1.65. The number of nitrogens with zero attached hydrogens (tertiary/aromatic N) is 3. The zero-order chi connectivity index (χ0) is 20.7. The summed E-state index contributed by atoms with van der Waals surface area (Å²) in [5.74, 6) is 0.484. The van der Waals surface area contributed by atoms with Gasteiger partial charge in [-0.05, 0) is 54.9 Å². The maximum atomic E-state index is 4.83. The summed E-state index contributed by atoms with van der Waals surface area (Å²) in [5, 5.41) is 4.83. The molecule has 30 heavy (non-hydrogen) atoms. The highest BCUT2D eigenvalue weighted by Crippen LogP contribution is 2.45. The van der Waals surface area contributed by atoms with Gasteiger partial charge in [-0.2, -0.15) is 5.10 Å². The van der Waals surface area contributed by atoms with Gasteiger partial charge in [-0.15, -0.1) is 0 Å². The molecule has 2 aromatic carbocycles. The van der Waals surface area contributed by atoms with Crippen LogP contribution in [0.25, 0.3) is 5.70 Å². The van der Waals surface area contributed by atoms with Crippen LogP contribution in [0.1, 0.15) is 45.2 Å². The van der Waals surface area contributed by atoms with Gasteiger partial charge in [-0.25, -0.2) is 0 Å². The molecule has 4 heteroatoms. The summed E-state index contributed by atoms with van der Waals surface area (Å²) < 4.78 is 0. The number of hydrogen-bond donors (Lipinski definition) is 1. The summed E-state index contributed by atoms with van der Waals surface area (Å²) >= 11 is 0. The maximum absolute atomic E-state index is 4.83. The quantitative estimate of drug-likeness (QED) is 0.706. The number of pyridine rings is 1. The molecule has 0 bridgehead atoms. The second kappa shape index (κ2) is 7.54. The minimum Gasteiger partial charge on any atom is -0.305 e. The van der Waals surface area contributed by atoms with E-state index in [-0.39, 0.29) is 5.92 Å². The highest BCUT2D eigenvalue weighted by atomic mass is 15.3. The first-order chi connectivity index (χ1) is 14.6. The van der Waals surface area contributed by atoms with Crippen LogP contribution in [0.15, 0.2) is 78.7 Å². The normalized spacial score (nSPS) is 19.8. The Bertz CT molecular complexity index is 1110. The SMILES string of the molecule is C=C1NN=C2c3c(cccc31)CC(c1ccncc1)C2c1ccc(CN(C)C)cc1. The van der Waals surface area contributed by atoms with Crippen molar-refractivity contribution >= 4 is 11.4 Å². The standard InChI is InChI=1S/C26H26N4/c1-17-22-6-4-5-21-15-23(19-11-13-27-14-12-19)24(26(25(21)22)29-28-17)20-9-7-18(8-10-20)16-30(2)3/h4-14,23-24,28H,1,15-16H2,2-3H3. The van der Waals surface area contributed by atoms with Gasteiger partial charge in [-0.1, -0.05) is 49.0 Å². The van der Waals surface area contributed by atoms with Gasteiger partial charge in [0.05, 0.1) is 11.4 Å². The van der Waals surface area contributed by atoms with Gasteiger partial charge < -0.3 is 4.90 Å². The summed E-state index contributed by atoms with van der Waals surface area (Å²) in [6.45, 7) is 5.11. The average Bonchev–Trinajstić information content (AvgIpc) is 2.77. The van der Waals surface area contributed by atoms with E-state index in [9.17, 15) is 0 Å². The third kappa shape index (κ3) is 3.23. The molecule has 1 N–H and O–H groups in total. The maximum Gasteiger partial charge on any atom is 0.0769 e. The van der Waals surface area contributed by atoms with Crippen molar-refractivity contribution in [3.63, 3.8) is 0 Å². The molecule has 4 nitrogen and oxygen atoms in total. The van der Waals surface area contributed by atoms with Gasteiger partial charge in [0.15, 0.2) is 0 Å². The highest BCUT2D eigenvalue weighted by Gasteiger charge is 2.38. The smallest absolute Gasteiger partial charge is 0.0769 e. The molecule has 5 rings (SSSR count). The van der Waals surface area contributed by atoms with E-state index in [0.717, 1.165) is 24.4 Å². The van der Waals surface area contributed by atoms with E-state index in [4.69, 9.17) is 5.10 Å². The van der Waals surface area contributed by atoms with E-state index < -0.39 is 0 Å². The predicted molar refractivity (Wildman–Crippen MR) is 122 cm³/mol. The molecule has 0 saturated heterocycles. The van der Waals surface area contributed by atoms with Crippen molar-refractivity contribution in [1.82, 2.24) is 15.3 Å². The van der Waals surface area contributed by atoms with E-state index in [2.05, 4.69) is 90.6 Å². The van der Waals surface area contributed by atoms with Crippen LogP contribution in [0.5, 0.6) is 0 Å². The lowest BCUT2D eigenvalue weighted by Gasteiger charge is -2.38. The monoisotopic (exact) mass is 394 g/mol. The van der Waals surface area contributed by atoms with Crippen LogP contribution in [0.4, 0.5) is 0 Å². The molecule has 1 aliphatic heterocycles. The molecule has 0 amide bonds. The van der Waals surface area contributed by atoms with Crippen molar-refractivity contribution < 1.29 is 0 Å². The summed E-state index contributed by atoms with van der Waals surface area (Å²) in [7, 11) is 4.20. The Labute approximate surface area is 178 Å². The number of rotatable bonds is 4. The van der Waals surface area contributed by atoms with Crippen molar-refractivity contribution in [3.05, 3.63) is 107 Å². The van der Waals surface area contributed by atoms with Gasteiger partial charge in [0.2, 0.25) is 0 Å². The van der Waals surface area contributed by atoms with Crippen molar-refractivity contribution in [2.75, 3.05) is 14.1 Å². The van der Waals surface area contributed by atoms with Gasteiger partial charge >= 0.3 is 0 Å². The molecule has 0 radical (unpaired) electrons. The first-order valence-electron chi connectivity index (χ1n) is 10.4. The number of hydrogen-bond acceptors (Lipinski definition) is 4. The van der Waals surface area contributed by atoms with Crippen LogP contribution in [0.3, 0.4) is 0 Å². The van der Waals surface area contributed by atoms with Gasteiger partial charge in [0, 0.05) is 41.9 Å². The van der Waals surface area contributed by atoms with Crippen LogP contribution in [-0.2, 0) is 13.0 Å². The molecule has 0 saturated carbocycles. The summed E-state index contributed by atoms with van der Waals surface area (Å²) in [4.78, 5) is 6.43. The molecule has 2 aliphatic rings. The lowest BCUT2D eigenvalue weighted by Crippen LogP contribution is -2.34. The predicted octanol–water partition coefficient (Wildman–Crippen LogP) is 4.54. The largest absolute Gasteiger partial charge is 0.305 e. The molecule has 1 aromatic heterocycles. The number of aromatic nitrogens is 1.